The van der Waals surface area contributed by atoms with Gasteiger partial charge in [0.25, 0.3) is 0 Å². The Bertz CT molecular complexity index is 3980. The predicted molar refractivity (Wildman–Crippen MR) is 287 cm³/mol. The number of fused-ring (bicyclic) bond motifs is 7. The second-order valence-electron chi connectivity index (χ2n) is 18.6. The number of nitrogens with zero attached hydrogens (tertiary/aromatic N) is 2. The van der Waals surface area contributed by atoms with Gasteiger partial charge in [0, 0.05) is 16.5 Å². The summed E-state index contributed by atoms with van der Waals surface area (Å²) < 4.78 is 12.7. The number of benzene rings is 11. The molecule has 4 heteroatoms. The minimum Gasteiger partial charge on any atom is -0.436 e. The second kappa shape index (κ2) is 15.7. The van der Waals surface area contributed by atoms with Crippen molar-refractivity contribution in [3.05, 3.63) is 253 Å². The first-order chi connectivity index (χ1) is 34.5. The Kier molecular flexibility index (Phi) is 8.99. The summed E-state index contributed by atoms with van der Waals surface area (Å²) in [6.45, 7) is 2.38. The molecule has 14 rings (SSSR count). The zero-order chi connectivity index (χ0) is 46.3. The van der Waals surface area contributed by atoms with E-state index in [-0.39, 0.29) is 5.41 Å². The van der Waals surface area contributed by atoms with Gasteiger partial charge in [-0.15, -0.1) is 0 Å². The van der Waals surface area contributed by atoms with Crippen LogP contribution >= 0.6 is 0 Å². The summed E-state index contributed by atoms with van der Waals surface area (Å²) in [6.07, 6.45) is 0. The highest BCUT2D eigenvalue weighted by molar-refractivity contribution is 6.08. The van der Waals surface area contributed by atoms with Gasteiger partial charge in [0.05, 0.1) is 0 Å². The van der Waals surface area contributed by atoms with E-state index >= 15 is 0 Å². The summed E-state index contributed by atoms with van der Waals surface area (Å²) in [5.74, 6) is 1.22. The molecule has 2 aromatic heterocycles. The van der Waals surface area contributed by atoms with Crippen molar-refractivity contribution in [3.8, 4) is 78.5 Å². The fourth-order valence-corrected chi connectivity index (χ4v) is 11.2. The van der Waals surface area contributed by atoms with Crippen molar-refractivity contribution >= 4 is 43.7 Å². The van der Waals surface area contributed by atoms with Crippen LogP contribution in [0.25, 0.3) is 122 Å². The van der Waals surface area contributed by atoms with Gasteiger partial charge in [-0.2, -0.15) is 0 Å². The molecule has 70 heavy (non-hydrogen) atoms. The van der Waals surface area contributed by atoms with Crippen molar-refractivity contribution < 1.29 is 8.83 Å². The lowest BCUT2D eigenvalue weighted by Gasteiger charge is -2.28. The van der Waals surface area contributed by atoms with E-state index < -0.39 is 0 Å². The zero-order valence-electron chi connectivity index (χ0n) is 38.2. The first kappa shape index (κ1) is 40.0. The molecule has 13 aromatic rings. The Labute approximate surface area is 404 Å². The van der Waals surface area contributed by atoms with Crippen molar-refractivity contribution in [1.82, 2.24) is 9.97 Å². The summed E-state index contributed by atoms with van der Waals surface area (Å²) >= 11 is 0. The highest BCUT2D eigenvalue weighted by Gasteiger charge is 2.40. The van der Waals surface area contributed by atoms with Crippen LogP contribution in [0.2, 0.25) is 0 Å². The Balaban J connectivity index is 0.947. The third kappa shape index (κ3) is 6.30. The lowest BCUT2D eigenvalue weighted by molar-refractivity contribution is 0.620. The van der Waals surface area contributed by atoms with Gasteiger partial charge in [-0.3, -0.25) is 0 Å². The SMILES string of the molecule is CC1(c2ccccc2)c2ccccc2-c2ccc(-c3cccc(-c4cc(-c5ccc(-c6nc7ccccc7o6)c6ccccc56)cc(-c5ccc(-c6nc7ccccc7o6)c6ccccc56)c4)c3)cc21. The highest BCUT2D eigenvalue weighted by atomic mass is 16.4. The Morgan fingerprint density at radius 1 is 0.300 bits per heavy atom. The van der Waals surface area contributed by atoms with Gasteiger partial charge in [-0.05, 0) is 168 Å². The molecule has 1 unspecified atom stereocenters. The average Bonchev–Trinajstić information content (AvgIpc) is 4.14. The van der Waals surface area contributed by atoms with E-state index in [1.165, 1.54) is 38.9 Å². The van der Waals surface area contributed by atoms with Crippen molar-refractivity contribution in [1.29, 1.82) is 0 Å². The lowest BCUT2D eigenvalue weighted by atomic mass is 9.74. The number of oxazole rings is 2. The van der Waals surface area contributed by atoms with Crippen molar-refractivity contribution in [2.45, 2.75) is 12.3 Å². The fourth-order valence-electron chi connectivity index (χ4n) is 11.2. The summed E-state index contributed by atoms with van der Waals surface area (Å²) in [6, 6.07) is 84.8. The lowest BCUT2D eigenvalue weighted by Crippen LogP contribution is -2.22. The third-order valence-corrected chi connectivity index (χ3v) is 14.6. The van der Waals surface area contributed by atoms with E-state index in [4.69, 9.17) is 18.8 Å². The summed E-state index contributed by atoms with van der Waals surface area (Å²) in [5.41, 5.74) is 20.5. The number of aromatic nitrogens is 2. The summed E-state index contributed by atoms with van der Waals surface area (Å²) in [4.78, 5) is 9.84. The molecule has 0 aliphatic heterocycles. The van der Waals surface area contributed by atoms with Crippen LogP contribution in [-0.2, 0) is 5.41 Å². The molecular formula is C66H42N2O2. The van der Waals surface area contributed by atoms with Crippen LogP contribution in [0.15, 0.2) is 245 Å². The van der Waals surface area contributed by atoms with Crippen LogP contribution < -0.4 is 0 Å². The Morgan fingerprint density at radius 3 is 1.33 bits per heavy atom. The van der Waals surface area contributed by atoms with E-state index in [9.17, 15) is 0 Å². The van der Waals surface area contributed by atoms with Crippen molar-refractivity contribution in [2.24, 2.45) is 0 Å². The smallest absolute Gasteiger partial charge is 0.227 e. The zero-order valence-corrected chi connectivity index (χ0v) is 38.2. The summed E-state index contributed by atoms with van der Waals surface area (Å²) in [7, 11) is 0. The van der Waals surface area contributed by atoms with Crippen LogP contribution in [0.1, 0.15) is 23.6 Å². The van der Waals surface area contributed by atoms with Gasteiger partial charge in [0.1, 0.15) is 11.0 Å². The van der Waals surface area contributed by atoms with Crippen molar-refractivity contribution in [2.75, 3.05) is 0 Å². The quantitative estimate of drug-likeness (QED) is 0.160. The minimum atomic E-state index is -0.290. The average molecular weight is 895 g/mol. The Hall–Kier alpha value is -9.12. The topological polar surface area (TPSA) is 52.1 Å². The first-order valence-corrected chi connectivity index (χ1v) is 23.9. The molecule has 1 atom stereocenters. The predicted octanol–water partition coefficient (Wildman–Crippen LogP) is 17.6. The molecule has 1 aliphatic rings. The molecule has 0 N–H and O–H groups in total. The first-order valence-electron chi connectivity index (χ1n) is 23.9. The maximum atomic E-state index is 6.36. The monoisotopic (exact) mass is 894 g/mol. The molecule has 0 spiro atoms. The molecule has 0 bridgehead atoms. The standard InChI is InChI=1S/C66H42N2O2/c1-66(47-18-3-2-4-19-47)58-25-10-9-24-54(58)55-31-30-43(40-59(55)66)41-16-15-17-42(36-41)44-37-45(48-32-34-56(52-22-7-5-20-50(48)52)64-67-60-26-11-13-28-62(60)69-64)39-46(38-44)49-33-35-57(53-23-8-6-21-51(49)53)65-68-61-27-12-14-29-63(61)70-65/h2-40H,1H3. The van der Waals surface area contributed by atoms with Gasteiger partial charge in [-0.25, -0.2) is 9.97 Å². The van der Waals surface area contributed by atoms with E-state index in [0.29, 0.717) is 11.8 Å². The molecule has 4 nitrogen and oxygen atoms in total. The molecule has 328 valence electrons. The van der Waals surface area contributed by atoms with E-state index in [0.717, 1.165) is 88.3 Å². The van der Waals surface area contributed by atoms with E-state index in [2.05, 4.69) is 195 Å². The molecule has 11 aromatic carbocycles. The van der Waals surface area contributed by atoms with Gasteiger partial charge in [0.2, 0.25) is 11.8 Å². The van der Waals surface area contributed by atoms with Gasteiger partial charge in [-0.1, -0.05) is 170 Å². The normalized spacial score (nSPS) is 14.1. The fraction of sp³-hybridized carbons (Fsp3) is 0.0303. The van der Waals surface area contributed by atoms with Crippen LogP contribution in [0.4, 0.5) is 0 Å². The molecule has 0 saturated heterocycles. The molecule has 2 heterocycles. The number of hydrogen-bond acceptors (Lipinski definition) is 4. The minimum absolute atomic E-state index is 0.290. The van der Waals surface area contributed by atoms with E-state index in [1.54, 1.807) is 0 Å². The van der Waals surface area contributed by atoms with Crippen LogP contribution in [0.5, 0.6) is 0 Å². The third-order valence-electron chi connectivity index (χ3n) is 14.6. The molecule has 1 aliphatic carbocycles. The largest absolute Gasteiger partial charge is 0.436 e. The van der Waals surface area contributed by atoms with Crippen LogP contribution in [0.3, 0.4) is 0 Å². The maximum absolute atomic E-state index is 6.36. The molecule has 0 fully saturated rings. The van der Waals surface area contributed by atoms with Crippen LogP contribution in [0, 0.1) is 0 Å². The molecule has 0 radical (unpaired) electrons. The number of rotatable bonds is 7. The van der Waals surface area contributed by atoms with Gasteiger partial charge >= 0.3 is 0 Å². The van der Waals surface area contributed by atoms with E-state index in [1.807, 2.05) is 48.5 Å². The van der Waals surface area contributed by atoms with Gasteiger partial charge < -0.3 is 8.83 Å². The molecule has 0 amide bonds. The maximum Gasteiger partial charge on any atom is 0.227 e. The highest BCUT2D eigenvalue weighted by Crippen LogP contribution is 2.53. The molecule has 0 saturated carbocycles. The Morgan fingerprint density at radius 2 is 0.729 bits per heavy atom. The van der Waals surface area contributed by atoms with Crippen molar-refractivity contribution in [3.63, 3.8) is 0 Å². The number of para-hydroxylation sites is 4. The van der Waals surface area contributed by atoms with Crippen LogP contribution in [-0.4, -0.2) is 9.97 Å². The second-order valence-corrected chi connectivity index (χ2v) is 18.6. The summed E-state index contributed by atoms with van der Waals surface area (Å²) in [5, 5.41) is 4.40. The van der Waals surface area contributed by atoms with Gasteiger partial charge in [0.15, 0.2) is 11.2 Å². The number of hydrogen-bond donors (Lipinski definition) is 0. The molecular weight excluding hydrogens is 853 g/mol.